The second-order valence-corrected chi connectivity index (χ2v) is 16.8. The van der Waals surface area contributed by atoms with Gasteiger partial charge in [-0.15, -0.1) is 0 Å². The van der Waals surface area contributed by atoms with Gasteiger partial charge in [0.15, 0.2) is 6.10 Å². The molecule has 10 heteroatoms. The second-order valence-electron chi connectivity index (χ2n) is 15.4. The van der Waals surface area contributed by atoms with Gasteiger partial charge >= 0.3 is 19.8 Å². The number of quaternary nitrogens is 1. The van der Waals surface area contributed by atoms with Crippen LogP contribution in [0.1, 0.15) is 181 Å². The molecule has 0 aliphatic rings. The van der Waals surface area contributed by atoms with Crippen molar-refractivity contribution < 1.29 is 42.1 Å². The van der Waals surface area contributed by atoms with E-state index in [0.29, 0.717) is 17.4 Å². The van der Waals surface area contributed by atoms with Gasteiger partial charge < -0.3 is 18.9 Å². The first-order valence-electron chi connectivity index (χ1n) is 21.1. The number of carbonyl (C=O) groups excluding carboxylic acids is 2. The molecule has 52 heavy (non-hydrogen) atoms. The number of esters is 2. The minimum Gasteiger partial charge on any atom is -0.462 e. The van der Waals surface area contributed by atoms with Crippen LogP contribution in [0.5, 0.6) is 0 Å². The summed E-state index contributed by atoms with van der Waals surface area (Å²) in [6.45, 7) is 4.36. The smallest absolute Gasteiger partial charge is 0.462 e. The molecule has 0 spiro atoms. The molecule has 0 heterocycles. The van der Waals surface area contributed by atoms with Crippen LogP contribution in [0.3, 0.4) is 0 Å². The topological polar surface area (TPSA) is 108 Å². The molecule has 2 atom stereocenters. The van der Waals surface area contributed by atoms with Gasteiger partial charge in [0.25, 0.3) is 0 Å². The molecule has 1 N–H and O–H groups in total. The SMILES string of the molecule is CCCCCC/C=C/CCCCCCCC(=O)OC[C@H](COP(=O)(O)OCC[N+](C)(C)C)OC(=O)CC/C=C/CCCCCCCCCCCCC. The van der Waals surface area contributed by atoms with Gasteiger partial charge in [-0.05, 0) is 51.4 Å². The van der Waals surface area contributed by atoms with E-state index in [0.717, 1.165) is 51.4 Å². The maximum absolute atomic E-state index is 12.6. The van der Waals surface area contributed by atoms with Gasteiger partial charge in [-0.2, -0.15) is 0 Å². The molecule has 0 fully saturated rings. The fourth-order valence-electron chi connectivity index (χ4n) is 5.61. The van der Waals surface area contributed by atoms with Crippen molar-refractivity contribution in [2.75, 3.05) is 47.5 Å². The van der Waals surface area contributed by atoms with E-state index in [1.807, 2.05) is 27.2 Å². The summed E-state index contributed by atoms with van der Waals surface area (Å²) in [7, 11) is 1.45. The highest BCUT2D eigenvalue weighted by Gasteiger charge is 2.27. The van der Waals surface area contributed by atoms with E-state index in [1.54, 1.807) is 0 Å². The minimum absolute atomic E-state index is 0.0259. The summed E-state index contributed by atoms with van der Waals surface area (Å²) >= 11 is 0. The quantitative estimate of drug-likeness (QED) is 0.0218. The highest BCUT2D eigenvalue weighted by atomic mass is 31.2. The van der Waals surface area contributed by atoms with Gasteiger partial charge in [0, 0.05) is 12.8 Å². The molecule has 0 amide bonds. The van der Waals surface area contributed by atoms with E-state index in [4.69, 9.17) is 18.5 Å². The molecule has 0 rings (SSSR count). The van der Waals surface area contributed by atoms with Crippen LogP contribution in [0.15, 0.2) is 24.3 Å². The number of ether oxygens (including phenoxy) is 2. The molecule has 0 aromatic rings. The average Bonchev–Trinajstić information content (AvgIpc) is 3.09. The van der Waals surface area contributed by atoms with E-state index in [1.165, 1.54) is 96.3 Å². The maximum Gasteiger partial charge on any atom is 0.472 e. The van der Waals surface area contributed by atoms with Crippen molar-refractivity contribution >= 4 is 19.8 Å². The lowest BCUT2D eigenvalue weighted by atomic mass is 10.1. The van der Waals surface area contributed by atoms with Crippen molar-refractivity contribution in [2.45, 2.75) is 187 Å². The summed E-state index contributed by atoms with van der Waals surface area (Å²) in [5.41, 5.74) is 0. The Kier molecular flexibility index (Phi) is 34.2. The molecule has 0 saturated carbocycles. The van der Waals surface area contributed by atoms with Crippen LogP contribution in [0.25, 0.3) is 0 Å². The maximum atomic E-state index is 12.6. The number of carbonyl (C=O) groups is 2. The molecule has 9 nitrogen and oxygen atoms in total. The largest absolute Gasteiger partial charge is 0.472 e. The highest BCUT2D eigenvalue weighted by molar-refractivity contribution is 7.47. The van der Waals surface area contributed by atoms with Crippen molar-refractivity contribution in [2.24, 2.45) is 0 Å². The van der Waals surface area contributed by atoms with E-state index < -0.39 is 26.5 Å². The second kappa shape index (κ2) is 35.2. The van der Waals surface area contributed by atoms with Gasteiger partial charge in [0.1, 0.15) is 19.8 Å². The number of phosphoric acid groups is 1. The Morgan fingerprint density at radius 3 is 1.52 bits per heavy atom. The zero-order chi connectivity index (χ0) is 38.6. The van der Waals surface area contributed by atoms with Crippen molar-refractivity contribution in [1.29, 1.82) is 0 Å². The predicted octanol–water partition coefficient (Wildman–Crippen LogP) is 11.6. The number of rotatable bonds is 38. The number of phosphoric ester groups is 1. The number of allylic oxidation sites excluding steroid dienone is 4. The molecule has 306 valence electrons. The van der Waals surface area contributed by atoms with Crippen molar-refractivity contribution in [3.63, 3.8) is 0 Å². The Labute approximate surface area is 319 Å². The van der Waals surface area contributed by atoms with Crippen LogP contribution in [0.4, 0.5) is 0 Å². The Morgan fingerprint density at radius 2 is 1.02 bits per heavy atom. The van der Waals surface area contributed by atoms with Gasteiger partial charge in [-0.1, -0.05) is 141 Å². The summed E-state index contributed by atoms with van der Waals surface area (Å²) in [5.74, 6) is -0.863. The molecule has 0 saturated heterocycles. The summed E-state index contributed by atoms with van der Waals surface area (Å²) in [6.07, 6.45) is 36.6. The fraction of sp³-hybridized carbons (Fsp3) is 0.857. The van der Waals surface area contributed by atoms with E-state index >= 15 is 0 Å². The van der Waals surface area contributed by atoms with Gasteiger partial charge in [0.2, 0.25) is 0 Å². The third kappa shape index (κ3) is 38.2. The van der Waals surface area contributed by atoms with Crippen LogP contribution < -0.4 is 0 Å². The zero-order valence-corrected chi connectivity index (χ0v) is 35.2. The zero-order valence-electron chi connectivity index (χ0n) is 34.3. The van der Waals surface area contributed by atoms with E-state index in [-0.39, 0.29) is 32.0 Å². The summed E-state index contributed by atoms with van der Waals surface area (Å²) < 4.78 is 34.2. The molecule has 0 aromatic carbocycles. The molecule has 0 radical (unpaired) electrons. The number of likely N-dealkylation sites (N-methyl/N-ethyl adjacent to an activating group) is 1. The standard InChI is InChI=1S/C42H80NO8P/c1-6-8-10-12-14-16-18-20-21-23-25-27-29-31-33-35-42(45)51-40(39-50-52(46,47)49-37-36-43(3,4)5)38-48-41(44)34-32-30-28-26-24-22-19-17-15-13-11-9-7-2/h17,19,29,31,40H,6-16,18,20-28,30,32-39H2,1-5H3/p+1/b19-17+,31-29+/t40-/m1/s1. The first-order chi connectivity index (χ1) is 25.0. The molecule has 1 unspecified atom stereocenters. The van der Waals surface area contributed by atoms with Crippen molar-refractivity contribution in [3.05, 3.63) is 24.3 Å². The van der Waals surface area contributed by atoms with Crippen LogP contribution in [0, 0.1) is 0 Å². The van der Waals surface area contributed by atoms with E-state index in [9.17, 15) is 19.0 Å². The van der Waals surface area contributed by atoms with Crippen LogP contribution in [-0.2, 0) is 32.7 Å². The first kappa shape index (κ1) is 50.5. The number of hydrogen-bond donors (Lipinski definition) is 1. The Balaban J connectivity index is 4.44. The number of nitrogens with zero attached hydrogens (tertiary/aromatic N) is 1. The van der Waals surface area contributed by atoms with E-state index in [2.05, 4.69) is 32.1 Å². The monoisotopic (exact) mass is 759 g/mol. The average molecular weight is 759 g/mol. The fourth-order valence-corrected chi connectivity index (χ4v) is 6.36. The first-order valence-corrected chi connectivity index (χ1v) is 22.6. The lowest BCUT2D eigenvalue weighted by molar-refractivity contribution is -0.870. The Bertz CT molecular complexity index is 949. The highest BCUT2D eigenvalue weighted by Crippen LogP contribution is 2.43. The normalized spacial score (nSPS) is 13.9. The van der Waals surface area contributed by atoms with Gasteiger partial charge in [-0.25, -0.2) is 4.57 Å². The molecular formula is C42H81NO8P+. The molecule has 0 aliphatic carbocycles. The molecule has 0 aliphatic heterocycles. The summed E-state index contributed by atoms with van der Waals surface area (Å²) in [4.78, 5) is 35.2. The molecular weight excluding hydrogens is 677 g/mol. The molecule has 0 bridgehead atoms. The Hall–Kier alpha value is -1.51. The van der Waals surface area contributed by atoms with Gasteiger partial charge in [0.05, 0.1) is 27.7 Å². The van der Waals surface area contributed by atoms with Gasteiger partial charge in [-0.3, -0.25) is 18.6 Å². The summed E-state index contributed by atoms with van der Waals surface area (Å²) in [6, 6.07) is 0. The molecule has 0 aromatic heterocycles. The number of unbranched alkanes of at least 4 members (excludes halogenated alkanes) is 20. The van der Waals surface area contributed by atoms with Crippen LogP contribution in [-0.4, -0.2) is 74.9 Å². The van der Waals surface area contributed by atoms with Crippen molar-refractivity contribution in [3.8, 4) is 0 Å². The predicted molar refractivity (Wildman–Crippen MR) is 215 cm³/mol. The Morgan fingerprint density at radius 1 is 0.577 bits per heavy atom. The third-order valence-corrected chi connectivity index (χ3v) is 9.95. The summed E-state index contributed by atoms with van der Waals surface area (Å²) in [5, 5.41) is 0. The van der Waals surface area contributed by atoms with Crippen LogP contribution in [0.2, 0.25) is 0 Å². The lowest BCUT2D eigenvalue weighted by Gasteiger charge is -2.24. The third-order valence-electron chi connectivity index (χ3n) is 8.97. The van der Waals surface area contributed by atoms with Crippen LogP contribution >= 0.6 is 7.82 Å². The minimum atomic E-state index is -4.38. The van der Waals surface area contributed by atoms with Crippen molar-refractivity contribution in [1.82, 2.24) is 0 Å². The number of hydrogen-bond acceptors (Lipinski definition) is 7. The lowest BCUT2D eigenvalue weighted by Crippen LogP contribution is -2.37.